The lowest BCUT2D eigenvalue weighted by Crippen LogP contribution is -2.38. The topological polar surface area (TPSA) is 103 Å². The van der Waals surface area contributed by atoms with Crippen LogP contribution in [-0.2, 0) is 14.6 Å². The van der Waals surface area contributed by atoms with Gasteiger partial charge >= 0.3 is 5.63 Å². The Labute approximate surface area is 177 Å². The first-order chi connectivity index (χ1) is 14.3. The summed E-state index contributed by atoms with van der Waals surface area (Å²) in [6.07, 6.45) is 0.408. The van der Waals surface area contributed by atoms with E-state index in [1.54, 1.807) is 42.5 Å². The molecular formula is C21H18ClNO6S. The van der Waals surface area contributed by atoms with Gasteiger partial charge in [-0.2, -0.15) is 0 Å². The molecule has 1 N–H and O–H groups in total. The van der Waals surface area contributed by atoms with E-state index in [1.807, 2.05) is 0 Å². The number of amides is 1. The summed E-state index contributed by atoms with van der Waals surface area (Å²) >= 11 is 5.89. The molecule has 0 spiro atoms. The zero-order valence-corrected chi connectivity index (χ0v) is 17.3. The van der Waals surface area contributed by atoms with Gasteiger partial charge in [-0.25, -0.2) is 13.2 Å². The second-order valence-electron chi connectivity index (χ2n) is 7.11. The molecule has 9 heteroatoms. The summed E-state index contributed by atoms with van der Waals surface area (Å²) < 4.78 is 33.8. The Morgan fingerprint density at radius 1 is 1.17 bits per heavy atom. The molecule has 2 heterocycles. The van der Waals surface area contributed by atoms with Crippen molar-refractivity contribution in [3.63, 3.8) is 0 Å². The summed E-state index contributed by atoms with van der Waals surface area (Å²) in [7, 11) is -3.07. The molecule has 7 nitrogen and oxygen atoms in total. The minimum atomic E-state index is -3.07. The highest BCUT2D eigenvalue weighted by atomic mass is 35.5. The van der Waals surface area contributed by atoms with E-state index in [2.05, 4.69) is 5.32 Å². The Morgan fingerprint density at radius 3 is 2.63 bits per heavy atom. The largest absolute Gasteiger partial charge is 0.484 e. The number of nitrogens with one attached hydrogen (secondary N) is 1. The van der Waals surface area contributed by atoms with Gasteiger partial charge in [0.15, 0.2) is 16.4 Å². The van der Waals surface area contributed by atoms with E-state index in [-0.39, 0.29) is 24.2 Å². The van der Waals surface area contributed by atoms with Gasteiger partial charge in [-0.3, -0.25) is 4.79 Å². The number of halogens is 1. The second-order valence-corrected chi connectivity index (χ2v) is 9.78. The Bertz CT molecular complexity index is 1270. The third-order valence-electron chi connectivity index (χ3n) is 4.83. The van der Waals surface area contributed by atoms with Crippen molar-refractivity contribution in [3.8, 4) is 16.9 Å². The maximum atomic E-state index is 12.4. The highest BCUT2D eigenvalue weighted by Crippen LogP contribution is 2.25. The number of carbonyl (C=O) groups is 1. The lowest BCUT2D eigenvalue weighted by molar-refractivity contribution is -0.123. The average molecular weight is 448 g/mol. The van der Waals surface area contributed by atoms with E-state index in [1.165, 1.54) is 6.07 Å². The van der Waals surface area contributed by atoms with Crippen molar-refractivity contribution in [2.45, 2.75) is 12.5 Å². The summed E-state index contributed by atoms with van der Waals surface area (Å²) in [4.78, 5) is 24.4. The van der Waals surface area contributed by atoms with Crippen LogP contribution < -0.4 is 15.7 Å². The first-order valence-electron chi connectivity index (χ1n) is 9.25. The molecule has 30 heavy (non-hydrogen) atoms. The standard InChI is InChI=1S/C21H18ClNO6S/c22-15-4-1-13(2-5-15)18-9-14-3-6-17(10-19(14)29-21(18)25)28-11-20(24)23-16-7-8-30(26,27)12-16/h1-6,9-10,16H,7-8,11-12H2,(H,23,24). The van der Waals surface area contributed by atoms with Crippen molar-refractivity contribution in [1.82, 2.24) is 5.32 Å². The molecule has 2 aromatic carbocycles. The lowest BCUT2D eigenvalue weighted by Gasteiger charge is -2.12. The summed E-state index contributed by atoms with van der Waals surface area (Å²) in [6.45, 7) is -0.269. The molecule has 1 aliphatic heterocycles. The van der Waals surface area contributed by atoms with Crippen LogP contribution in [0.4, 0.5) is 0 Å². The predicted octanol–water partition coefficient (Wildman–Crippen LogP) is 2.80. The number of rotatable bonds is 5. The fraction of sp³-hybridized carbons (Fsp3) is 0.238. The van der Waals surface area contributed by atoms with Crippen LogP contribution in [-0.4, -0.2) is 38.5 Å². The highest BCUT2D eigenvalue weighted by Gasteiger charge is 2.28. The molecule has 4 rings (SSSR count). The van der Waals surface area contributed by atoms with Crippen molar-refractivity contribution in [1.29, 1.82) is 0 Å². The molecular weight excluding hydrogens is 430 g/mol. The van der Waals surface area contributed by atoms with Crippen LogP contribution in [0.2, 0.25) is 5.02 Å². The zero-order valence-electron chi connectivity index (χ0n) is 15.8. The fourth-order valence-corrected chi connectivity index (χ4v) is 5.14. The molecule has 1 fully saturated rings. The Balaban J connectivity index is 1.46. The minimum absolute atomic E-state index is 0.0458. The third kappa shape index (κ3) is 4.66. The number of benzene rings is 2. The number of carbonyl (C=O) groups excluding carboxylic acids is 1. The second kappa shape index (κ2) is 8.12. The number of fused-ring (bicyclic) bond motifs is 1. The average Bonchev–Trinajstić information content (AvgIpc) is 3.04. The molecule has 156 valence electrons. The van der Waals surface area contributed by atoms with Gasteiger partial charge in [0, 0.05) is 22.5 Å². The summed E-state index contributed by atoms with van der Waals surface area (Å²) in [6, 6.07) is 13.2. The van der Waals surface area contributed by atoms with Gasteiger partial charge in [0.1, 0.15) is 11.3 Å². The maximum absolute atomic E-state index is 12.4. The monoisotopic (exact) mass is 447 g/mol. The molecule has 1 atom stereocenters. The zero-order chi connectivity index (χ0) is 21.3. The number of hydrogen-bond donors (Lipinski definition) is 1. The SMILES string of the molecule is O=C(COc1ccc2cc(-c3ccc(Cl)cc3)c(=O)oc2c1)NC1CCS(=O)(=O)C1. The first-order valence-corrected chi connectivity index (χ1v) is 11.5. The fourth-order valence-electron chi connectivity index (χ4n) is 3.34. The van der Waals surface area contributed by atoms with Gasteiger partial charge in [0.2, 0.25) is 0 Å². The van der Waals surface area contributed by atoms with Gasteiger partial charge in [-0.05, 0) is 42.3 Å². The molecule has 0 saturated carbocycles. The molecule has 0 radical (unpaired) electrons. The molecule has 1 unspecified atom stereocenters. The summed E-state index contributed by atoms with van der Waals surface area (Å²) in [5.41, 5.74) is 0.944. The van der Waals surface area contributed by atoms with Crippen molar-refractivity contribution in [2.24, 2.45) is 0 Å². The molecule has 1 aliphatic rings. The van der Waals surface area contributed by atoms with Gasteiger partial charge in [0.25, 0.3) is 5.91 Å². The van der Waals surface area contributed by atoms with Crippen molar-refractivity contribution < 1.29 is 22.4 Å². The van der Waals surface area contributed by atoms with Crippen molar-refractivity contribution in [3.05, 3.63) is 64.0 Å². The number of hydrogen-bond acceptors (Lipinski definition) is 6. The maximum Gasteiger partial charge on any atom is 0.344 e. The molecule has 0 aliphatic carbocycles. The number of ether oxygens (including phenoxy) is 1. The smallest absolute Gasteiger partial charge is 0.344 e. The molecule has 3 aromatic rings. The molecule has 0 bridgehead atoms. The van der Waals surface area contributed by atoms with Crippen LogP contribution in [0.5, 0.6) is 5.75 Å². The van der Waals surface area contributed by atoms with Crippen LogP contribution in [0, 0.1) is 0 Å². The van der Waals surface area contributed by atoms with Crippen LogP contribution in [0.1, 0.15) is 6.42 Å². The van der Waals surface area contributed by atoms with Crippen LogP contribution in [0.15, 0.2) is 57.7 Å². The summed E-state index contributed by atoms with van der Waals surface area (Å²) in [5, 5.41) is 3.93. The third-order valence-corrected chi connectivity index (χ3v) is 6.85. The Kier molecular flexibility index (Phi) is 5.53. The van der Waals surface area contributed by atoms with E-state index in [9.17, 15) is 18.0 Å². The van der Waals surface area contributed by atoms with Crippen molar-refractivity contribution >= 4 is 38.3 Å². The summed E-state index contributed by atoms with van der Waals surface area (Å²) in [5.74, 6) is -0.00750. The first kappa shape index (κ1) is 20.4. The van der Waals surface area contributed by atoms with E-state index >= 15 is 0 Å². The minimum Gasteiger partial charge on any atom is -0.484 e. The predicted molar refractivity (Wildman–Crippen MR) is 114 cm³/mol. The quantitative estimate of drug-likeness (QED) is 0.603. The molecule has 1 saturated heterocycles. The van der Waals surface area contributed by atoms with Crippen LogP contribution in [0.3, 0.4) is 0 Å². The molecule has 1 aromatic heterocycles. The van der Waals surface area contributed by atoms with E-state index < -0.39 is 21.4 Å². The highest BCUT2D eigenvalue weighted by molar-refractivity contribution is 7.91. The van der Waals surface area contributed by atoms with E-state index in [4.69, 9.17) is 20.8 Å². The van der Waals surface area contributed by atoms with Crippen LogP contribution >= 0.6 is 11.6 Å². The van der Waals surface area contributed by atoms with Gasteiger partial charge in [0.05, 0.1) is 17.1 Å². The normalized spacial score (nSPS) is 17.7. The number of sulfone groups is 1. The van der Waals surface area contributed by atoms with Crippen molar-refractivity contribution in [2.75, 3.05) is 18.1 Å². The van der Waals surface area contributed by atoms with Gasteiger partial charge < -0.3 is 14.5 Å². The van der Waals surface area contributed by atoms with Crippen LogP contribution in [0.25, 0.3) is 22.1 Å². The van der Waals surface area contributed by atoms with Gasteiger partial charge in [-0.1, -0.05) is 23.7 Å². The van der Waals surface area contributed by atoms with E-state index in [0.717, 1.165) is 0 Å². The Hall–Kier alpha value is -2.84. The van der Waals surface area contributed by atoms with E-state index in [0.29, 0.717) is 39.3 Å². The van der Waals surface area contributed by atoms with Gasteiger partial charge in [-0.15, -0.1) is 0 Å². The molecule has 1 amide bonds. The lowest BCUT2D eigenvalue weighted by atomic mass is 10.1. The Morgan fingerprint density at radius 2 is 1.93 bits per heavy atom.